The summed E-state index contributed by atoms with van der Waals surface area (Å²) in [6.45, 7) is 18.1. The molecule has 2 saturated heterocycles. The topological polar surface area (TPSA) is 81.2 Å². The number of carbonyl (C=O) groups is 1. The van der Waals surface area contributed by atoms with Crippen molar-refractivity contribution in [3.05, 3.63) is 60.2 Å². The van der Waals surface area contributed by atoms with E-state index in [4.69, 9.17) is 9.73 Å². The van der Waals surface area contributed by atoms with Crippen molar-refractivity contribution in [2.24, 2.45) is 10.4 Å². The van der Waals surface area contributed by atoms with Crippen molar-refractivity contribution in [1.29, 1.82) is 0 Å². The Balaban J connectivity index is 1.58. The molecule has 0 aromatic heterocycles. The molecular weight excluding hydrogens is 512 g/mol. The van der Waals surface area contributed by atoms with E-state index in [1.54, 1.807) is 13.2 Å². The number of nitrogens with zero attached hydrogens (tertiary/aromatic N) is 3. The molecule has 3 N–H and O–H groups in total. The number of hydrogen-bond donors (Lipinski definition) is 3. The summed E-state index contributed by atoms with van der Waals surface area (Å²) in [4.78, 5) is 22.8. The molecule has 1 aromatic carbocycles. The number of likely N-dealkylation sites (N-methyl/N-ethyl adjacent to an activating group) is 1. The first-order valence-corrected chi connectivity index (χ1v) is 15.2. The van der Waals surface area contributed by atoms with Crippen molar-refractivity contribution in [1.82, 2.24) is 20.4 Å². The molecule has 2 aliphatic heterocycles. The average molecular weight is 563 g/mol. The number of amidine groups is 1. The van der Waals surface area contributed by atoms with Crippen LogP contribution in [-0.4, -0.2) is 67.4 Å². The van der Waals surface area contributed by atoms with Crippen molar-refractivity contribution < 1.29 is 9.53 Å². The Morgan fingerprint density at radius 1 is 1.15 bits per heavy atom. The third kappa shape index (κ3) is 7.34. The van der Waals surface area contributed by atoms with Gasteiger partial charge < -0.3 is 30.5 Å². The van der Waals surface area contributed by atoms with Gasteiger partial charge in [0.1, 0.15) is 11.6 Å². The normalized spacial score (nSPS) is 24.1. The minimum absolute atomic E-state index is 0.0778. The predicted molar refractivity (Wildman–Crippen MR) is 169 cm³/mol. The zero-order valence-electron chi connectivity index (χ0n) is 25.8. The van der Waals surface area contributed by atoms with E-state index in [0.29, 0.717) is 23.2 Å². The van der Waals surface area contributed by atoms with Gasteiger partial charge in [-0.05, 0) is 70.3 Å². The molecule has 1 unspecified atom stereocenters. The maximum absolute atomic E-state index is 13.0. The summed E-state index contributed by atoms with van der Waals surface area (Å²) in [7, 11) is 3.69. The van der Waals surface area contributed by atoms with Crippen molar-refractivity contribution >= 4 is 17.4 Å². The zero-order chi connectivity index (χ0) is 29.6. The van der Waals surface area contributed by atoms with Crippen molar-refractivity contribution in [3.8, 4) is 5.75 Å². The molecule has 8 nitrogen and oxygen atoms in total. The molecule has 8 heteroatoms. The molecule has 224 valence electrons. The molecule has 0 bridgehead atoms. The Bertz CT molecular complexity index is 1170. The monoisotopic (exact) mass is 562 g/mol. The fourth-order valence-corrected chi connectivity index (χ4v) is 6.31. The van der Waals surface area contributed by atoms with Gasteiger partial charge in [-0.1, -0.05) is 52.3 Å². The van der Waals surface area contributed by atoms with Gasteiger partial charge >= 0.3 is 0 Å². The summed E-state index contributed by atoms with van der Waals surface area (Å²) in [5.41, 5.74) is 3.29. The summed E-state index contributed by atoms with van der Waals surface area (Å²) in [6.07, 6.45) is 11.2. The van der Waals surface area contributed by atoms with Crippen molar-refractivity contribution in [3.63, 3.8) is 0 Å². The number of benzene rings is 1. The van der Waals surface area contributed by atoms with E-state index in [2.05, 4.69) is 72.8 Å². The van der Waals surface area contributed by atoms with Gasteiger partial charge in [-0.25, -0.2) is 4.99 Å². The van der Waals surface area contributed by atoms with Crippen LogP contribution in [0.3, 0.4) is 0 Å². The first-order valence-electron chi connectivity index (χ1n) is 15.2. The van der Waals surface area contributed by atoms with E-state index in [1.165, 1.54) is 19.3 Å². The number of nitrogens with one attached hydrogen (secondary N) is 3. The summed E-state index contributed by atoms with van der Waals surface area (Å²) >= 11 is 0. The van der Waals surface area contributed by atoms with Crippen LogP contribution in [0.2, 0.25) is 0 Å². The van der Waals surface area contributed by atoms with Gasteiger partial charge in [0, 0.05) is 42.4 Å². The van der Waals surface area contributed by atoms with Crippen LogP contribution in [-0.2, 0) is 0 Å². The second kappa shape index (κ2) is 13.6. The van der Waals surface area contributed by atoms with Crippen molar-refractivity contribution in [2.75, 3.05) is 39.1 Å². The summed E-state index contributed by atoms with van der Waals surface area (Å²) in [5.74, 6) is 1.93. The van der Waals surface area contributed by atoms with Gasteiger partial charge in [0.2, 0.25) is 0 Å². The Hall–Kier alpha value is -3.26. The number of carbonyl (C=O) groups excluding carboxylic acids is 1. The third-order valence-electron chi connectivity index (χ3n) is 8.80. The molecule has 0 radical (unpaired) electrons. The molecule has 1 atom stereocenters. The predicted octanol–water partition coefficient (Wildman–Crippen LogP) is 5.87. The number of ether oxygens (including phenoxy) is 1. The molecule has 41 heavy (non-hydrogen) atoms. The summed E-state index contributed by atoms with van der Waals surface area (Å²) in [6, 6.07) is 6.09. The van der Waals surface area contributed by atoms with Gasteiger partial charge in [-0.15, -0.1) is 0 Å². The second-order valence-corrected chi connectivity index (χ2v) is 12.3. The number of anilines is 1. The van der Waals surface area contributed by atoms with Gasteiger partial charge in [0.25, 0.3) is 5.91 Å². The lowest BCUT2D eigenvalue weighted by atomic mass is 9.87. The second-order valence-electron chi connectivity index (χ2n) is 12.3. The maximum Gasteiger partial charge on any atom is 0.251 e. The van der Waals surface area contributed by atoms with E-state index >= 15 is 0 Å². The highest BCUT2D eigenvalue weighted by Crippen LogP contribution is 2.38. The first kappa shape index (κ1) is 30.7. The quantitative estimate of drug-likeness (QED) is 0.386. The molecule has 1 aromatic rings. The molecule has 2 heterocycles. The maximum atomic E-state index is 13.0. The fourth-order valence-electron chi connectivity index (χ4n) is 6.31. The van der Waals surface area contributed by atoms with Crippen LogP contribution >= 0.6 is 0 Å². The first-order chi connectivity index (χ1) is 19.6. The molecule has 4 rings (SSSR count). The third-order valence-corrected chi connectivity index (χ3v) is 8.80. The molecule has 0 spiro atoms. The minimum Gasteiger partial charge on any atom is -0.495 e. The Morgan fingerprint density at radius 3 is 2.61 bits per heavy atom. The van der Waals surface area contributed by atoms with Crippen molar-refractivity contribution in [2.45, 2.75) is 84.2 Å². The summed E-state index contributed by atoms with van der Waals surface area (Å²) in [5, 5.41) is 9.94. The highest BCUT2D eigenvalue weighted by atomic mass is 16.5. The van der Waals surface area contributed by atoms with Crippen LogP contribution in [0.15, 0.2) is 59.6 Å². The number of allylic oxidation sites excluding steroid dienone is 1. The highest BCUT2D eigenvalue weighted by molar-refractivity contribution is 5.99. The molecule has 1 saturated carbocycles. The Labute approximate surface area is 247 Å². The Morgan fingerprint density at radius 2 is 1.90 bits per heavy atom. The zero-order valence-corrected chi connectivity index (χ0v) is 25.8. The van der Waals surface area contributed by atoms with Crippen LogP contribution in [0.1, 0.15) is 82.5 Å². The number of aliphatic imine (C=N–C) groups is 1. The number of hydrogen-bond acceptors (Lipinski definition) is 6. The van der Waals surface area contributed by atoms with E-state index in [-0.39, 0.29) is 17.4 Å². The van der Waals surface area contributed by atoms with Crippen LogP contribution in [0.4, 0.5) is 5.69 Å². The highest BCUT2D eigenvalue weighted by Gasteiger charge is 2.39. The number of rotatable bonds is 7. The average Bonchev–Trinajstić information content (AvgIpc) is 3.27. The van der Waals surface area contributed by atoms with Gasteiger partial charge in [-0.2, -0.15) is 0 Å². The lowest BCUT2D eigenvalue weighted by Gasteiger charge is -2.39. The molecule has 3 fully saturated rings. The van der Waals surface area contributed by atoms with E-state index in [0.717, 1.165) is 74.7 Å². The van der Waals surface area contributed by atoms with Gasteiger partial charge in [0.15, 0.2) is 5.84 Å². The number of methoxy groups -OCH3 is 1. The van der Waals surface area contributed by atoms with Gasteiger partial charge in [-0.3, -0.25) is 4.79 Å². The van der Waals surface area contributed by atoms with Crippen LogP contribution in [0.25, 0.3) is 0 Å². The smallest absolute Gasteiger partial charge is 0.251 e. The lowest BCUT2D eigenvalue weighted by Crippen LogP contribution is -2.45. The van der Waals surface area contributed by atoms with E-state index in [1.807, 2.05) is 12.1 Å². The van der Waals surface area contributed by atoms with E-state index < -0.39 is 0 Å². The molecular formula is C33H50N6O2. The molecule has 3 aliphatic rings. The Kier molecular flexibility index (Phi) is 10.2. The standard InChI is InChI=1S/C33H50N6O2/c1-8-29-31(39(27-14-10-9-11-15-27)22-33(4,5)23(2)38(29)6)36-24(3)35-28-17-16-25(21-30(28)41-7)32(40)37-26-13-12-19-34-20-18-26/h8,16-17,21,26-27,34-35H,2-3,9-15,18-20,22H2,1,4-7H3,(H,37,40)/b29-8+,36-31+. The van der Waals surface area contributed by atoms with Gasteiger partial charge in [0.05, 0.1) is 18.5 Å². The summed E-state index contributed by atoms with van der Waals surface area (Å²) < 4.78 is 5.69. The molecule has 1 amide bonds. The van der Waals surface area contributed by atoms with Crippen LogP contribution < -0.4 is 20.7 Å². The molecule has 1 aliphatic carbocycles. The SMILES string of the molecule is C=C(/N=C1\C(=C/C)N(C)C(=C)C(C)(C)CN1C1CCCCC1)Nc1ccc(C(=O)NC2CCCNCC2)cc1OC. The number of amides is 1. The largest absolute Gasteiger partial charge is 0.495 e. The van der Waals surface area contributed by atoms with Crippen LogP contribution in [0.5, 0.6) is 5.75 Å². The lowest BCUT2D eigenvalue weighted by molar-refractivity contribution is 0.0933. The fraction of sp³-hybridized carbons (Fsp3) is 0.576. The minimum atomic E-state index is -0.112. The van der Waals surface area contributed by atoms with Crippen LogP contribution in [0, 0.1) is 5.41 Å². The van der Waals surface area contributed by atoms with E-state index in [9.17, 15) is 4.79 Å².